The van der Waals surface area contributed by atoms with E-state index in [1.54, 1.807) is 23.1 Å². The molecular weight excluding hydrogens is 367 g/mol. The smallest absolute Gasteiger partial charge is 0.242 e. The molecule has 2 amide bonds. The summed E-state index contributed by atoms with van der Waals surface area (Å²) in [5, 5.41) is 0.742. The van der Waals surface area contributed by atoms with Gasteiger partial charge in [-0.05, 0) is 18.2 Å². The number of likely N-dealkylation sites (tertiary alicyclic amines) is 1. The van der Waals surface area contributed by atoms with E-state index in [1.165, 1.54) is 11.8 Å². The minimum atomic E-state index is -0.527. The normalized spacial score (nSPS) is 19.2. The van der Waals surface area contributed by atoms with Crippen LogP contribution < -0.4 is 4.90 Å². The zero-order valence-electron chi connectivity index (χ0n) is 14.0. The average molecular weight is 387 g/mol. The first kappa shape index (κ1) is 18.5. The molecule has 0 atom stereocenters. The summed E-state index contributed by atoms with van der Waals surface area (Å²) < 4.78 is 11.3. The van der Waals surface area contributed by atoms with E-state index in [0.29, 0.717) is 54.9 Å². The van der Waals surface area contributed by atoms with Gasteiger partial charge in [-0.1, -0.05) is 23.2 Å². The molecule has 2 fully saturated rings. The molecule has 0 radical (unpaired) electrons. The fourth-order valence-electron chi connectivity index (χ4n) is 3.16. The van der Waals surface area contributed by atoms with Crippen LogP contribution in [0.25, 0.3) is 0 Å². The Hall–Kier alpha value is -1.34. The molecule has 0 aromatic heterocycles. The minimum Gasteiger partial charge on any atom is -0.347 e. The SMILES string of the molecule is CC(=O)N(CC(=O)N1CCC2(CC1)OCCO2)c1ccc(Cl)c(Cl)c1. The first-order valence-electron chi connectivity index (χ1n) is 8.19. The molecule has 2 heterocycles. The predicted molar refractivity (Wildman–Crippen MR) is 94.9 cm³/mol. The van der Waals surface area contributed by atoms with Crippen molar-refractivity contribution in [2.75, 3.05) is 37.7 Å². The van der Waals surface area contributed by atoms with Gasteiger partial charge in [-0.25, -0.2) is 0 Å². The zero-order chi connectivity index (χ0) is 18.0. The molecule has 1 aromatic carbocycles. The number of hydrogen-bond acceptors (Lipinski definition) is 4. The predicted octanol–water partition coefficient (Wildman–Crippen LogP) is 2.71. The van der Waals surface area contributed by atoms with Gasteiger partial charge in [0.1, 0.15) is 6.54 Å². The molecule has 0 N–H and O–H groups in total. The topological polar surface area (TPSA) is 59.1 Å². The van der Waals surface area contributed by atoms with E-state index in [4.69, 9.17) is 32.7 Å². The summed E-state index contributed by atoms with van der Waals surface area (Å²) in [5.74, 6) is -0.877. The first-order valence-corrected chi connectivity index (χ1v) is 8.95. The Bertz CT molecular complexity index is 667. The quantitative estimate of drug-likeness (QED) is 0.801. The summed E-state index contributed by atoms with van der Waals surface area (Å²) >= 11 is 11.9. The number of halogens is 2. The number of anilines is 1. The Labute approximate surface area is 156 Å². The summed E-state index contributed by atoms with van der Waals surface area (Å²) in [5.41, 5.74) is 0.547. The van der Waals surface area contributed by atoms with Crippen molar-refractivity contribution >= 4 is 40.7 Å². The molecule has 25 heavy (non-hydrogen) atoms. The zero-order valence-corrected chi connectivity index (χ0v) is 15.5. The highest BCUT2D eigenvalue weighted by atomic mass is 35.5. The highest BCUT2D eigenvalue weighted by Gasteiger charge is 2.40. The number of carbonyl (C=O) groups is 2. The van der Waals surface area contributed by atoms with E-state index in [9.17, 15) is 9.59 Å². The Morgan fingerprint density at radius 2 is 1.80 bits per heavy atom. The van der Waals surface area contributed by atoms with Crippen LogP contribution in [-0.4, -0.2) is 55.3 Å². The van der Waals surface area contributed by atoms with E-state index in [0.717, 1.165) is 0 Å². The van der Waals surface area contributed by atoms with E-state index < -0.39 is 5.79 Å². The van der Waals surface area contributed by atoms with Crippen LogP contribution in [0.15, 0.2) is 18.2 Å². The van der Waals surface area contributed by atoms with E-state index >= 15 is 0 Å². The Kier molecular flexibility index (Phi) is 5.53. The van der Waals surface area contributed by atoms with Crippen LogP contribution in [0.4, 0.5) is 5.69 Å². The van der Waals surface area contributed by atoms with Crippen LogP contribution in [0.2, 0.25) is 10.0 Å². The minimum absolute atomic E-state index is 0.0397. The van der Waals surface area contributed by atoms with Gasteiger partial charge in [0.15, 0.2) is 5.79 Å². The second-order valence-electron chi connectivity index (χ2n) is 6.19. The number of piperidine rings is 1. The van der Waals surface area contributed by atoms with Gasteiger partial charge in [0.25, 0.3) is 0 Å². The summed E-state index contributed by atoms with van der Waals surface area (Å²) in [6, 6.07) is 4.87. The highest BCUT2D eigenvalue weighted by molar-refractivity contribution is 6.42. The van der Waals surface area contributed by atoms with Crippen LogP contribution >= 0.6 is 23.2 Å². The average Bonchev–Trinajstić information content (AvgIpc) is 3.03. The third kappa shape index (κ3) is 4.08. The third-order valence-electron chi connectivity index (χ3n) is 4.58. The van der Waals surface area contributed by atoms with Crippen molar-refractivity contribution in [3.8, 4) is 0 Å². The third-order valence-corrected chi connectivity index (χ3v) is 5.32. The number of amides is 2. The molecule has 0 saturated carbocycles. The largest absolute Gasteiger partial charge is 0.347 e. The number of carbonyl (C=O) groups excluding carboxylic acids is 2. The summed E-state index contributed by atoms with van der Waals surface area (Å²) in [4.78, 5) is 27.8. The van der Waals surface area contributed by atoms with Gasteiger partial charge in [0.2, 0.25) is 11.8 Å². The monoisotopic (exact) mass is 386 g/mol. The van der Waals surface area contributed by atoms with Gasteiger partial charge in [-0.3, -0.25) is 9.59 Å². The second kappa shape index (κ2) is 7.50. The van der Waals surface area contributed by atoms with Crippen molar-refractivity contribution in [2.24, 2.45) is 0 Å². The molecular formula is C17H20Cl2N2O4. The van der Waals surface area contributed by atoms with Gasteiger partial charge in [-0.15, -0.1) is 0 Å². The lowest BCUT2D eigenvalue weighted by Gasteiger charge is -2.38. The van der Waals surface area contributed by atoms with Crippen molar-refractivity contribution in [2.45, 2.75) is 25.6 Å². The van der Waals surface area contributed by atoms with Crippen molar-refractivity contribution in [1.82, 2.24) is 4.90 Å². The highest BCUT2D eigenvalue weighted by Crippen LogP contribution is 2.31. The lowest BCUT2D eigenvalue weighted by atomic mass is 10.0. The molecule has 136 valence electrons. The summed E-state index contributed by atoms with van der Waals surface area (Å²) in [6.45, 7) is 3.67. The maximum absolute atomic E-state index is 12.6. The molecule has 2 aliphatic rings. The Morgan fingerprint density at radius 1 is 1.16 bits per heavy atom. The summed E-state index contributed by atoms with van der Waals surface area (Å²) in [7, 11) is 0. The first-order chi connectivity index (χ1) is 11.9. The van der Waals surface area contributed by atoms with Crippen LogP contribution in [0.1, 0.15) is 19.8 Å². The summed E-state index contributed by atoms with van der Waals surface area (Å²) in [6.07, 6.45) is 1.29. The van der Waals surface area contributed by atoms with E-state index in [1.807, 2.05) is 0 Å². The van der Waals surface area contributed by atoms with Crippen LogP contribution in [0.5, 0.6) is 0 Å². The van der Waals surface area contributed by atoms with Crippen molar-refractivity contribution in [3.63, 3.8) is 0 Å². The van der Waals surface area contributed by atoms with Crippen molar-refractivity contribution in [1.29, 1.82) is 0 Å². The molecule has 6 nitrogen and oxygen atoms in total. The van der Waals surface area contributed by atoms with E-state index in [2.05, 4.69) is 0 Å². The number of nitrogens with zero attached hydrogens (tertiary/aromatic N) is 2. The second-order valence-corrected chi connectivity index (χ2v) is 7.01. The molecule has 3 rings (SSSR count). The van der Waals surface area contributed by atoms with Crippen molar-refractivity contribution in [3.05, 3.63) is 28.2 Å². The molecule has 0 bridgehead atoms. The maximum Gasteiger partial charge on any atom is 0.242 e. The Morgan fingerprint density at radius 3 is 2.36 bits per heavy atom. The number of benzene rings is 1. The molecule has 8 heteroatoms. The van der Waals surface area contributed by atoms with Gasteiger partial charge in [-0.2, -0.15) is 0 Å². The number of hydrogen-bond donors (Lipinski definition) is 0. The maximum atomic E-state index is 12.6. The molecule has 1 aromatic rings. The lowest BCUT2D eigenvalue weighted by Crippen LogP contribution is -2.50. The number of rotatable bonds is 3. The van der Waals surface area contributed by atoms with Gasteiger partial charge in [0, 0.05) is 38.5 Å². The van der Waals surface area contributed by atoms with Crippen molar-refractivity contribution < 1.29 is 19.1 Å². The van der Waals surface area contributed by atoms with Gasteiger partial charge < -0.3 is 19.3 Å². The lowest BCUT2D eigenvalue weighted by molar-refractivity contribution is -0.187. The molecule has 0 unspecified atom stereocenters. The van der Waals surface area contributed by atoms with Gasteiger partial charge in [0.05, 0.1) is 23.3 Å². The van der Waals surface area contributed by atoms with Crippen LogP contribution in [0, 0.1) is 0 Å². The fraction of sp³-hybridized carbons (Fsp3) is 0.529. The Balaban J connectivity index is 1.65. The molecule has 1 spiro atoms. The van der Waals surface area contributed by atoms with Crippen LogP contribution in [0.3, 0.4) is 0 Å². The fourth-order valence-corrected chi connectivity index (χ4v) is 3.45. The molecule has 2 saturated heterocycles. The van der Waals surface area contributed by atoms with E-state index in [-0.39, 0.29) is 18.4 Å². The van der Waals surface area contributed by atoms with Crippen LogP contribution in [-0.2, 0) is 19.1 Å². The standard InChI is InChI=1S/C17H20Cl2N2O4/c1-12(22)21(13-2-3-14(18)15(19)10-13)11-16(23)20-6-4-17(5-7-20)24-8-9-25-17/h2-3,10H,4-9,11H2,1H3. The van der Waals surface area contributed by atoms with Gasteiger partial charge >= 0.3 is 0 Å². The number of ether oxygens (including phenoxy) is 2. The molecule has 0 aliphatic carbocycles. The molecule has 2 aliphatic heterocycles.